The minimum atomic E-state index is 0.283. The van der Waals surface area contributed by atoms with Crippen molar-refractivity contribution in [1.82, 2.24) is 10.2 Å². The van der Waals surface area contributed by atoms with Crippen molar-refractivity contribution in [2.45, 2.75) is 49.8 Å². The van der Waals surface area contributed by atoms with E-state index in [-0.39, 0.29) is 5.25 Å². The molecular weight excluding hydrogens is 244 g/mol. The summed E-state index contributed by atoms with van der Waals surface area (Å²) in [4.78, 5) is 14.5. The average molecular weight is 268 g/mol. The van der Waals surface area contributed by atoms with Gasteiger partial charge in [0, 0.05) is 19.1 Å². The highest BCUT2D eigenvalue weighted by molar-refractivity contribution is 8.00. The third-order valence-electron chi connectivity index (χ3n) is 4.72. The normalized spacial score (nSPS) is 34.1. The largest absolute Gasteiger partial charge is 0.342 e. The molecule has 4 heteroatoms. The lowest BCUT2D eigenvalue weighted by atomic mass is 9.88. The number of amides is 1. The molecule has 18 heavy (non-hydrogen) atoms. The molecule has 102 valence electrons. The third kappa shape index (κ3) is 2.69. The highest BCUT2D eigenvalue weighted by Crippen LogP contribution is 2.30. The topological polar surface area (TPSA) is 32.3 Å². The fourth-order valence-corrected chi connectivity index (χ4v) is 4.85. The molecule has 0 aromatic heterocycles. The molecule has 2 unspecified atom stereocenters. The zero-order chi connectivity index (χ0) is 12.4. The molecule has 3 fully saturated rings. The second kappa shape index (κ2) is 5.83. The zero-order valence-electron chi connectivity index (χ0n) is 11.1. The van der Waals surface area contributed by atoms with Crippen LogP contribution < -0.4 is 5.32 Å². The van der Waals surface area contributed by atoms with E-state index in [0.717, 1.165) is 31.5 Å². The van der Waals surface area contributed by atoms with Crippen molar-refractivity contribution in [3.8, 4) is 0 Å². The Morgan fingerprint density at radius 1 is 1.11 bits per heavy atom. The number of carbonyl (C=O) groups is 1. The Bertz CT molecular complexity index is 290. The predicted octanol–water partition coefficient (Wildman–Crippen LogP) is 1.87. The van der Waals surface area contributed by atoms with E-state index in [1.165, 1.54) is 44.4 Å². The Labute approximate surface area is 114 Å². The minimum absolute atomic E-state index is 0.283. The van der Waals surface area contributed by atoms with E-state index in [9.17, 15) is 4.79 Å². The van der Waals surface area contributed by atoms with E-state index in [0.29, 0.717) is 5.91 Å². The SMILES string of the molecule is O=C(C1CCCS1)N1CCC(C2CCCN2)CC1. The van der Waals surface area contributed by atoms with Gasteiger partial charge in [0.05, 0.1) is 5.25 Å². The van der Waals surface area contributed by atoms with Crippen molar-refractivity contribution in [3.63, 3.8) is 0 Å². The molecule has 3 heterocycles. The molecule has 3 rings (SSSR count). The number of piperidine rings is 1. The summed E-state index contributed by atoms with van der Waals surface area (Å²) in [6, 6.07) is 0.739. The molecule has 0 saturated carbocycles. The Morgan fingerprint density at radius 2 is 1.94 bits per heavy atom. The summed E-state index contributed by atoms with van der Waals surface area (Å²) in [6.07, 6.45) is 7.43. The van der Waals surface area contributed by atoms with Gasteiger partial charge in [-0.15, -0.1) is 11.8 Å². The van der Waals surface area contributed by atoms with Gasteiger partial charge >= 0.3 is 0 Å². The Morgan fingerprint density at radius 3 is 2.56 bits per heavy atom. The van der Waals surface area contributed by atoms with Crippen molar-refractivity contribution < 1.29 is 4.79 Å². The van der Waals surface area contributed by atoms with Gasteiger partial charge in [-0.25, -0.2) is 0 Å². The van der Waals surface area contributed by atoms with Gasteiger partial charge in [-0.1, -0.05) is 0 Å². The van der Waals surface area contributed by atoms with Gasteiger partial charge < -0.3 is 10.2 Å². The molecule has 3 aliphatic rings. The van der Waals surface area contributed by atoms with Gasteiger partial charge in [0.2, 0.25) is 5.91 Å². The molecule has 3 nitrogen and oxygen atoms in total. The Hall–Kier alpha value is -0.220. The van der Waals surface area contributed by atoms with Crippen LogP contribution in [-0.2, 0) is 4.79 Å². The molecular formula is C14H24N2OS. The van der Waals surface area contributed by atoms with Crippen molar-refractivity contribution in [2.24, 2.45) is 5.92 Å². The van der Waals surface area contributed by atoms with Crippen LogP contribution in [0.1, 0.15) is 38.5 Å². The number of hydrogen-bond acceptors (Lipinski definition) is 3. The predicted molar refractivity (Wildman–Crippen MR) is 75.8 cm³/mol. The van der Waals surface area contributed by atoms with Crippen LogP contribution in [0.5, 0.6) is 0 Å². The van der Waals surface area contributed by atoms with Crippen LogP contribution >= 0.6 is 11.8 Å². The molecule has 0 radical (unpaired) electrons. The summed E-state index contributed by atoms with van der Waals surface area (Å²) < 4.78 is 0. The first-order chi connectivity index (χ1) is 8.84. The lowest BCUT2D eigenvalue weighted by molar-refractivity contribution is -0.132. The number of nitrogens with zero attached hydrogens (tertiary/aromatic N) is 1. The van der Waals surface area contributed by atoms with Gasteiger partial charge in [0.25, 0.3) is 0 Å². The average Bonchev–Trinajstić information content (AvgIpc) is 3.11. The number of carbonyl (C=O) groups excluding carboxylic acids is 1. The molecule has 0 aromatic rings. The van der Waals surface area contributed by atoms with Crippen LogP contribution in [-0.4, -0.2) is 47.5 Å². The van der Waals surface area contributed by atoms with E-state index >= 15 is 0 Å². The quantitative estimate of drug-likeness (QED) is 0.830. The van der Waals surface area contributed by atoms with Crippen molar-refractivity contribution in [1.29, 1.82) is 0 Å². The summed E-state index contributed by atoms with van der Waals surface area (Å²) in [7, 11) is 0. The second-order valence-corrected chi connectivity index (χ2v) is 7.18. The number of likely N-dealkylation sites (tertiary alicyclic amines) is 1. The first kappa shape index (κ1) is 12.8. The van der Waals surface area contributed by atoms with Crippen LogP contribution in [0.15, 0.2) is 0 Å². The number of hydrogen-bond donors (Lipinski definition) is 1. The standard InChI is InChI=1S/C14H24N2OS/c17-14(13-4-2-10-18-13)16-8-5-11(6-9-16)12-3-1-7-15-12/h11-13,15H,1-10H2. The van der Waals surface area contributed by atoms with Crippen molar-refractivity contribution in [3.05, 3.63) is 0 Å². The molecule has 3 aliphatic heterocycles. The maximum absolute atomic E-state index is 12.3. The summed E-state index contributed by atoms with van der Waals surface area (Å²) in [5.74, 6) is 2.42. The van der Waals surface area contributed by atoms with E-state index in [4.69, 9.17) is 0 Å². The van der Waals surface area contributed by atoms with Gasteiger partial charge in [-0.2, -0.15) is 0 Å². The van der Waals surface area contributed by atoms with E-state index in [1.807, 2.05) is 11.8 Å². The van der Waals surface area contributed by atoms with Crippen LogP contribution in [0.2, 0.25) is 0 Å². The van der Waals surface area contributed by atoms with E-state index in [1.54, 1.807) is 0 Å². The maximum atomic E-state index is 12.3. The lowest BCUT2D eigenvalue weighted by Gasteiger charge is -2.36. The van der Waals surface area contributed by atoms with Gasteiger partial charge in [-0.05, 0) is 56.7 Å². The Balaban J connectivity index is 1.48. The first-order valence-corrected chi connectivity index (χ1v) is 8.53. The minimum Gasteiger partial charge on any atom is -0.342 e. The fourth-order valence-electron chi connectivity index (χ4n) is 3.61. The van der Waals surface area contributed by atoms with E-state index in [2.05, 4.69) is 10.2 Å². The number of nitrogens with one attached hydrogen (secondary N) is 1. The fraction of sp³-hybridized carbons (Fsp3) is 0.929. The van der Waals surface area contributed by atoms with Crippen LogP contribution in [0.25, 0.3) is 0 Å². The highest BCUT2D eigenvalue weighted by atomic mass is 32.2. The molecule has 0 aliphatic carbocycles. The second-order valence-electron chi connectivity index (χ2n) is 5.87. The Kier molecular flexibility index (Phi) is 4.14. The van der Waals surface area contributed by atoms with Crippen LogP contribution in [0, 0.1) is 5.92 Å². The molecule has 0 spiro atoms. The summed E-state index contributed by atoms with van der Waals surface area (Å²) in [5.41, 5.74) is 0. The van der Waals surface area contributed by atoms with Crippen molar-refractivity contribution in [2.75, 3.05) is 25.4 Å². The van der Waals surface area contributed by atoms with Gasteiger partial charge in [-0.3, -0.25) is 4.79 Å². The zero-order valence-corrected chi connectivity index (χ0v) is 11.9. The van der Waals surface area contributed by atoms with Gasteiger partial charge in [0.15, 0.2) is 0 Å². The lowest BCUT2D eigenvalue weighted by Crippen LogP contribution is -2.45. The maximum Gasteiger partial charge on any atom is 0.235 e. The molecule has 1 N–H and O–H groups in total. The molecule has 0 bridgehead atoms. The monoisotopic (exact) mass is 268 g/mol. The van der Waals surface area contributed by atoms with Crippen LogP contribution in [0.4, 0.5) is 0 Å². The van der Waals surface area contributed by atoms with Crippen molar-refractivity contribution >= 4 is 17.7 Å². The summed E-state index contributed by atoms with van der Waals surface area (Å²) >= 11 is 1.87. The first-order valence-electron chi connectivity index (χ1n) is 7.48. The molecule has 2 atom stereocenters. The molecule has 3 saturated heterocycles. The number of thioether (sulfide) groups is 1. The molecule has 1 amide bonds. The number of rotatable bonds is 2. The van der Waals surface area contributed by atoms with Crippen LogP contribution in [0.3, 0.4) is 0 Å². The highest BCUT2D eigenvalue weighted by Gasteiger charge is 2.33. The summed E-state index contributed by atoms with van der Waals surface area (Å²) in [6.45, 7) is 3.19. The van der Waals surface area contributed by atoms with Gasteiger partial charge in [0.1, 0.15) is 0 Å². The summed E-state index contributed by atoms with van der Waals surface area (Å²) in [5, 5.41) is 3.90. The molecule has 0 aromatic carbocycles. The third-order valence-corrected chi connectivity index (χ3v) is 6.09. The van der Waals surface area contributed by atoms with E-state index < -0.39 is 0 Å². The smallest absolute Gasteiger partial charge is 0.235 e.